The normalized spacial score (nSPS) is 10.9. The number of hydrogen-bond acceptors (Lipinski definition) is 5. The summed E-state index contributed by atoms with van der Waals surface area (Å²) in [5, 5.41) is 0.790. The van der Waals surface area contributed by atoms with E-state index in [1.54, 1.807) is 24.4 Å². The predicted molar refractivity (Wildman–Crippen MR) is 81.5 cm³/mol. The first-order chi connectivity index (χ1) is 10.0. The maximum absolute atomic E-state index is 11.9. The highest BCUT2D eigenvalue weighted by Gasteiger charge is 2.14. The van der Waals surface area contributed by atoms with Crippen molar-refractivity contribution in [1.29, 1.82) is 0 Å². The highest BCUT2D eigenvalue weighted by Crippen LogP contribution is 2.26. The molecule has 0 spiro atoms. The highest BCUT2D eigenvalue weighted by molar-refractivity contribution is 5.99. The Morgan fingerprint density at radius 2 is 2.05 bits per heavy atom. The number of carbonyl (C=O) groups is 1. The number of rotatable bonds is 4. The summed E-state index contributed by atoms with van der Waals surface area (Å²) in [6, 6.07) is 7.16. The Morgan fingerprint density at radius 1 is 1.29 bits per heavy atom. The van der Waals surface area contributed by atoms with E-state index in [1.807, 2.05) is 32.3 Å². The Hall–Kier alpha value is -2.63. The van der Waals surface area contributed by atoms with Crippen LogP contribution in [0.2, 0.25) is 0 Å². The zero-order valence-corrected chi connectivity index (χ0v) is 12.5. The van der Waals surface area contributed by atoms with Crippen LogP contribution < -0.4 is 4.74 Å². The number of methoxy groups -OCH3 is 2. The lowest BCUT2D eigenvalue weighted by atomic mass is 10.1. The van der Waals surface area contributed by atoms with E-state index in [2.05, 4.69) is 9.98 Å². The number of pyridine rings is 1. The first kappa shape index (κ1) is 14.8. The maximum Gasteiger partial charge on any atom is 0.341 e. The second-order valence-corrected chi connectivity index (χ2v) is 4.62. The van der Waals surface area contributed by atoms with Crippen molar-refractivity contribution in [2.75, 3.05) is 28.3 Å². The van der Waals surface area contributed by atoms with Crippen molar-refractivity contribution in [3.63, 3.8) is 0 Å². The number of carbonyl (C=O) groups excluding carboxylic acids is 1. The summed E-state index contributed by atoms with van der Waals surface area (Å²) in [6.45, 7) is 0. The van der Waals surface area contributed by atoms with Crippen LogP contribution in [-0.4, -0.2) is 50.5 Å². The van der Waals surface area contributed by atoms with E-state index in [-0.39, 0.29) is 0 Å². The lowest BCUT2D eigenvalue weighted by Crippen LogP contribution is -2.08. The zero-order valence-electron chi connectivity index (χ0n) is 12.5. The Labute approximate surface area is 123 Å². The SMILES string of the molecule is COC(=O)c1cc2cc(OC)ccc2nc1/N=C/N(C)C. The van der Waals surface area contributed by atoms with Gasteiger partial charge in [0.1, 0.15) is 11.3 Å². The number of fused-ring (bicyclic) bond motifs is 1. The smallest absolute Gasteiger partial charge is 0.341 e. The van der Waals surface area contributed by atoms with Crippen molar-refractivity contribution in [3.05, 3.63) is 29.8 Å². The van der Waals surface area contributed by atoms with Gasteiger partial charge < -0.3 is 14.4 Å². The van der Waals surface area contributed by atoms with Crippen molar-refractivity contribution in [1.82, 2.24) is 9.88 Å². The molecule has 0 fully saturated rings. The van der Waals surface area contributed by atoms with E-state index in [9.17, 15) is 4.79 Å². The Bertz CT molecular complexity index is 696. The second-order valence-electron chi connectivity index (χ2n) is 4.62. The minimum Gasteiger partial charge on any atom is -0.497 e. The Morgan fingerprint density at radius 3 is 2.67 bits per heavy atom. The molecule has 2 rings (SSSR count). The van der Waals surface area contributed by atoms with Gasteiger partial charge in [0.15, 0.2) is 5.82 Å². The van der Waals surface area contributed by atoms with Gasteiger partial charge in [-0.05, 0) is 24.3 Å². The number of esters is 1. The molecule has 1 aromatic carbocycles. The average Bonchev–Trinajstić information content (AvgIpc) is 2.50. The van der Waals surface area contributed by atoms with Gasteiger partial charge >= 0.3 is 5.97 Å². The van der Waals surface area contributed by atoms with E-state index in [0.29, 0.717) is 17.1 Å². The molecule has 21 heavy (non-hydrogen) atoms. The van der Waals surface area contributed by atoms with Crippen molar-refractivity contribution in [3.8, 4) is 5.75 Å². The van der Waals surface area contributed by atoms with E-state index in [0.717, 1.165) is 10.9 Å². The molecule has 110 valence electrons. The van der Waals surface area contributed by atoms with Gasteiger partial charge in [-0.2, -0.15) is 0 Å². The molecule has 0 N–H and O–H groups in total. The van der Waals surface area contributed by atoms with Crippen LogP contribution in [0, 0.1) is 0 Å². The summed E-state index contributed by atoms with van der Waals surface area (Å²) < 4.78 is 9.97. The molecule has 0 atom stereocenters. The minimum atomic E-state index is -0.474. The van der Waals surface area contributed by atoms with Gasteiger partial charge in [-0.15, -0.1) is 0 Å². The molecule has 0 unspecified atom stereocenters. The standard InChI is InChI=1S/C15H17N3O3/c1-18(2)9-16-14-12(15(19)21-4)8-10-7-11(20-3)5-6-13(10)17-14/h5-9H,1-4H3/b16-9+. The quantitative estimate of drug-likeness (QED) is 0.490. The first-order valence-corrected chi connectivity index (χ1v) is 6.33. The highest BCUT2D eigenvalue weighted by atomic mass is 16.5. The second kappa shape index (κ2) is 6.21. The van der Waals surface area contributed by atoms with Crippen molar-refractivity contribution >= 4 is 29.0 Å². The summed E-state index contributed by atoms with van der Waals surface area (Å²) in [5.41, 5.74) is 1.05. The van der Waals surface area contributed by atoms with Crippen molar-refractivity contribution in [2.45, 2.75) is 0 Å². The molecule has 0 bridgehead atoms. The van der Waals surface area contributed by atoms with Crippen LogP contribution in [0.5, 0.6) is 5.75 Å². The third-order valence-corrected chi connectivity index (χ3v) is 2.82. The molecule has 1 heterocycles. The molecule has 6 heteroatoms. The van der Waals surface area contributed by atoms with E-state index < -0.39 is 5.97 Å². The molecule has 0 aliphatic rings. The number of nitrogens with zero attached hydrogens (tertiary/aromatic N) is 3. The lowest BCUT2D eigenvalue weighted by Gasteiger charge is -2.08. The van der Waals surface area contributed by atoms with Gasteiger partial charge in [-0.25, -0.2) is 14.8 Å². The number of aromatic nitrogens is 1. The number of aliphatic imine (C=N–C) groups is 1. The van der Waals surface area contributed by atoms with Gasteiger partial charge in [0.2, 0.25) is 0 Å². The Balaban J connectivity index is 2.62. The fraction of sp³-hybridized carbons (Fsp3) is 0.267. The summed E-state index contributed by atoms with van der Waals surface area (Å²) in [7, 11) is 6.60. The predicted octanol–water partition coefficient (Wildman–Crippen LogP) is 2.25. The molecule has 0 saturated carbocycles. The van der Waals surface area contributed by atoms with Gasteiger partial charge in [0, 0.05) is 19.5 Å². The maximum atomic E-state index is 11.9. The van der Waals surface area contributed by atoms with Gasteiger partial charge in [-0.3, -0.25) is 0 Å². The third-order valence-electron chi connectivity index (χ3n) is 2.82. The first-order valence-electron chi connectivity index (χ1n) is 6.33. The average molecular weight is 287 g/mol. The van der Waals surface area contributed by atoms with Crippen molar-refractivity contribution in [2.24, 2.45) is 4.99 Å². The molecule has 2 aromatic rings. The monoisotopic (exact) mass is 287 g/mol. The topological polar surface area (TPSA) is 64.0 Å². The van der Waals surface area contributed by atoms with Crippen LogP contribution in [0.1, 0.15) is 10.4 Å². The van der Waals surface area contributed by atoms with Crippen LogP contribution in [-0.2, 0) is 4.74 Å². The fourth-order valence-corrected chi connectivity index (χ4v) is 1.80. The molecule has 1 aromatic heterocycles. The number of benzene rings is 1. The number of hydrogen-bond donors (Lipinski definition) is 0. The van der Waals surface area contributed by atoms with Crippen LogP contribution in [0.25, 0.3) is 10.9 Å². The van der Waals surface area contributed by atoms with Crippen LogP contribution >= 0.6 is 0 Å². The molecule has 0 aliphatic carbocycles. The third kappa shape index (κ3) is 3.28. The lowest BCUT2D eigenvalue weighted by molar-refractivity contribution is 0.0601. The van der Waals surface area contributed by atoms with Gasteiger partial charge in [0.25, 0.3) is 0 Å². The molecule has 0 amide bonds. The molecule has 6 nitrogen and oxygen atoms in total. The molecule has 0 aliphatic heterocycles. The van der Waals surface area contributed by atoms with Crippen LogP contribution in [0.4, 0.5) is 5.82 Å². The van der Waals surface area contributed by atoms with Crippen LogP contribution in [0.3, 0.4) is 0 Å². The van der Waals surface area contributed by atoms with E-state index in [1.165, 1.54) is 7.11 Å². The summed E-state index contributed by atoms with van der Waals surface area (Å²) in [6.07, 6.45) is 1.59. The van der Waals surface area contributed by atoms with Gasteiger partial charge in [0.05, 0.1) is 26.1 Å². The molecule has 0 radical (unpaired) electrons. The van der Waals surface area contributed by atoms with Crippen molar-refractivity contribution < 1.29 is 14.3 Å². The van der Waals surface area contributed by atoms with E-state index in [4.69, 9.17) is 9.47 Å². The minimum absolute atomic E-state index is 0.316. The largest absolute Gasteiger partial charge is 0.497 e. The number of ether oxygens (including phenoxy) is 2. The molecule has 0 saturated heterocycles. The van der Waals surface area contributed by atoms with Crippen LogP contribution in [0.15, 0.2) is 29.3 Å². The molecular weight excluding hydrogens is 270 g/mol. The fourth-order valence-electron chi connectivity index (χ4n) is 1.80. The van der Waals surface area contributed by atoms with E-state index >= 15 is 0 Å². The molecular formula is C15H17N3O3. The zero-order chi connectivity index (χ0) is 15.4. The van der Waals surface area contributed by atoms with Gasteiger partial charge in [-0.1, -0.05) is 0 Å². The summed E-state index contributed by atoms with van der Waals surface area (Å²) in [5.74, 6) is 0.552. The summed E-state index contributed by atoms with van der Waals surface area (Å²) in [4.78, 5) is 22.3. The summed E-state index contributed by atoms with van der Waals surface area (Å²) >= 11 is 0. The Kier molecular flexibility index (Phi) is 4.37.